The minimum Gasteiger partial charge on any atom is -0.299 e. The topological polar surface area (TPSA) is 12.0 Å². The smallest absolute Gasteiger partial charge is 0.0478 e. The second-order valence-electron chi connectivity index (χ2n) is 2.98. The SMILES string of the molecule is CC(S)N[C@@H](C)c1ccccc1. The molecule has 0 aliphatic carbocycles. The van der Waals surface area contributed by atoms with E-state index in [0.29, 0.717) is 6.04 Å². The van der Waals surface area contributed by atoms with Gasteiger partial charge in [-0.05, 0) is 19.4 Å². The monoisotopic (exact) mass is 181 g/mol. The van der Waals surface area contributed by atoms with E-state index < -0.39 is 0 Å². The molecule has 0 aliphatic heterocycles. The number of nitrogens with one attached hydrogen (secondary N) is 1. The molecule has 1 aromatic rings. The molecule has 0 amide bonds. The van der Waals surface area contributed by atoms with Crippen LogP contribution in [0.1, 0.15) is 25.5 Å². The van der Waals surface area contributed by atoms with Crippen LogP contribution in [0.25, 0.3) is 0 Å². The first kappa shape index (κ1) is 9.62. The predicted molar refractivity (Wildman–Crippen MR) is 56.4 cm³/mol. The van der Waals surface area contributed by atoms with Gasteiger partial charge in [0, 0.05) is 11.4 Å². The van der Waals surface area contributed by atoms with Crippen molar-refractivity contribution < 1.29 is 0 Å². The molecule has 1 nitrogen and oxygen atoms in total. The van der Waals surface area contributed by atoms with E-state index in [4.69, 9.17) is 0 Å². The van der Waals surface area contributed by atoms with Crippen LogP contribution in [-0.2, 0) is 0 Å². The van der Waals surface area contributed by atoms with Gasteiger partial charge in [-0.1, -0.05) is 30.3 Å². The summed E-state index contributed by atoms with van der Waals surface area (Å²) in [5.41, 5.74) is 1.30. The predicted octanol–water partition coefficient (Wildman–Crippen LogP) is 2.61. The molecule has 1 N–H and O–H groups in total. The minimum atomic E-state index is 0.236. The fraction of sp³-hybridized carbons (Fsp3) is 0.400. The van der Waals surface area contributed by atoms with Crippen LogP contribution in [0.5, 0.6) is 0 Å². The molecule has 1 rings (SSSR count). The quantitative estimate of drug-likeness (QED) is 0.539. The van der Waals surface area contributed by atoms with Crippen molar-refractivity contribution in [1.29, 1.82) is 0 Å². The number of thiol groups is 1. The number of hydrogen-bond acceptors (Lipinski definition) is 2. The standard InChI is InChI=1S/C10H15NS/c1-8(11-9(2)12)10-6-4-3-5-7-10/h3-9,11-12H,1-2H3/t8-,9?/m0/s1. The molecule has 12 heavy (non-hydrogen) atoms. The van der Waals surface area contributed by atoms with Gasteiger partial charge < -0.3 is 0 Å². The molecule has 2 atom stereocenters. The summed E-state index contributed by atoms with van der Waals surface area (Å²) >= 11 is 4.28. The van der Waals surface area contributed by atoms with E-state index in [-0.39, 0.29) is 5.37 Å². The molecule has 0 fully saturated rings. The Kier molecular flexibility index (Phi) is 3.63. The maximum atomic E-state index is 4.28. The first-order chi connectivity index (χ1) is 5.70. The molecular formula is C10H15NS. The average molecular weight is 181 g/mol. The Labute approximate surface area is 79.6 Å². The summed E-state index contributed by atoms with van der Waals surface area (Å²) < 4.78 is 0. The van der Waals surface area contributed by atoms with Gasteiger partial charge in [0.2, 0.25) is 0 Å². The molecule has 0 bridgehead atoms. The maximum absolute atomic E-state index is 4.28. The van der Waals surface area contributed by atoms with Gasteiger partial charge in [0.15, 0.2) is 0 Å². The van der Waals surface area contributed by atoms with Crippen molar-refractivity contribution in [2.75, 3.05) is 0 Å². The number of hydrogen-bond donors (Lipinski definition) is 2. The van der Waals surface area contributed by atoms with Gasteiger partial charge in [-0.2, -0.15) is 12.6 Å². The molecular weight excluding hydrogens is 166 g/mol. The van der Waals surface area contributed by atoms with Crippen LogP contribution in [0.2, 0.25) is 0 Å². The van der Waals surface area contributed by atoms with Crippen LogP contribution in [0.15, 0.2) is 30.3 Å². The summed E-state index contributed by atoms with van der Waals surface area (Å²) in [5.74, 6) is 0. The molecule has 1 aromatic carbocycles. The van der Waals surface area contributed by atoms with E-state index >= 15 is 0 Å². The Balaban J connectivity index is 2.59. The molecule has 0 saturated heterocycles. The molecule has 1 unspecified atom stereocenters. The summed E-state index contributed by atoms with van der Waals surface area (Å²) in [4.78, 5) is 0. The minimum absolute atomic E-state index is 0.236. The van der Waals surface area contributed by atoms with Crippen molar-refractivity contribution in [1.82, 2.24) is 5.32 Å². The third-order valence-electron chi connectivity index (χ3n) is 1.79. The van der Waals surface area contributed by atoms with Crippen LogP contribution in [-0.4, -0.2) is 5.37 Å². The third kappa shape index (κ3) is 2.88. The van der Waals surface area contributed by atoms with Crippen molar-refractivity contribution in [2.24, 2.45) is 0 Å². The third-order valence-corrected chi connectivity index (χ3v) is 1.94. The van der Waals surface area contributed by atoms with Crippen LogP contribution in [0.4, 0.5) is 0 Å². The van der Waals surface area contributed by atoms with Crippen molar-refractivity contribution >= 4 is 12.6 Å². The summed E-state index contributed by atoms with van der Waals surface area (Å²) in [7, 11) is 0. The lowest BCUT2D eigenvalue weighted by molar-refractivity contribution is 0.574. The fourth-order valence-electron chi connectivity index (χ4n) is 1.20. The van der Waals surface area contributed by atoms with Crippen LogP contribution >= 0.6 is 12.6 Å². The Hall–Kier alpha value is -0.470. The van der Waals surface area contributed by atoms with Gasteiger partial charge in [-0.15, -0.1) is 0 Å². The number of benzene rings is 1. The van der Waals surface area contributed by atoms with Gasteiger partial charge in [0.1, 0.15) is 0 Å². The summed E-state index contributed by atoms with van der Waals surface area (Å²) in [6.07, 6.45) is 0. The van der Waals surface area contributed by atoms with Crippen LogP contribution in [0.3, 0.4) is 0 Å². The second-order valence-corrected chi connectivity index (χ2v) is 3.75. The number of rotatable bonds is 3. The van der Waals surface area contributed by atoms with Gasteiger partial charge >= 0.3 is 0 Å². The van der Waals surface area contributed by atoms with E-state index in [1.165, 1.54) is 5.56 Å². The maximum Gasteiger partial charge on any atom is 0.0478 e. The zero-order valence-electron chi connectivity index (χ0n) is 7.49. The van der Waals surface area contributed by atoms with E-state index in [0.717, 1.165) is 0 Å². The average Bonchev–Trinajstić information content (AvgIpc) is 2.05. The Morgan fingerprint density at radius 2 is 1.75 bits per heavy atom. The van der Waals surface area contributed by atoms with E-state index in [1.807, 2.05) is 13.0 Å². The van der Waals surface area contributed by atoms with E-state index in [1.54, 1.807) is 0 Å². The Morgan fingerprint density at radius 1 is 1.17 bits per heavy atom. The van der Waals surface area contributed by atoms with Gasteiger partial charge in [-0.25, -0.2) is 0 Å². The highest BCUT2D eigenvalue weighted by Crippen LogP contribution is 2.12. The van der Waals surface area contributed by atoms with E-state index in [9.17, 15) is 0 Å². The molecule has 0 saturated carbocycles. The summed E-state index contributed by atoms with van der Waals surface area (Å²) in [6, 6.07) is 10.7. The fourth-order valence-corrected chi connectivity index (χ4v) is 1.42. The highest BCUT2D eigenvalue weighted by molar-refractivity contribution is 7.80. The van der Waals surface area contributed by atoms with Crippen molar-refractivity contribution in [3.63, 3.8) is 0 Å². The lowest BCUT2D eigenvalue weighted by Crippen LogP contribution is -2.24. The van der Waals surface area contributed by atoms with Crippen molar-refractivity contribution in [3.8, 4) is 0 Å². The van der Waals surface area contributed by atoms with Gasteiger partial charge in [-0.3, -0.25) is 5.32 Å². The molecule has 2 heteroatoms. The molecule has 0 spiro atoms. The molecule has 0 radical (unpaired) electrons. The van der Waals surface area contributed by atoms with Crippen LogP contribution in [0, 0.1) is 0 Å². The van der Waals surface area contributed by atoms with Crippen molar-refractivity contribution in [3.05, 3.63) is 35.9 Å². The zero-order valence-corrected chi connectivity index (χ0v) is 8.38. The second kappa shape index (κ2) is 4.53. The Bertz CT molecular complexity index is 221. The van der Waals surface area contributed by atoms with E-state index in [2.05, 4.69) is 49.1 Å². The van der Waals surface area contributed by atoms with Crippen LogP contribution < -0.4 is 5.32 Å². The molecule has 66 valence electrons. The summed E-state index contributed by atoms with van der Waals surface area (Å²) in [5, 5.41) is 3.56. The highest BCUT2D eigenvalue weighted by atomic mass is 32.1. The molecule has 0 heterocycles. The van der Waals surface area contributed by atoms with Gasteiger partial charge in [0.25, 0.3) is 0 Å². The van der Waals surface area contributed by atoms with Gasteiger partial charge in [0.05, 0.1) is 0 Å². The Morgan fingerprint density at radius 3 is 2.25 bits per heavy atom. The largest absolute Gasteiger partial charge is 0.299 e. The summed E-state index contributed by atoms with van der Waals surface area (Å²) in [6.45, 7) is 4.17. The zero-order chi connectivity index (χ0) is 8.97. The van der Waals surface area contributed by atoms with Crippen molar-refractivity contribution in [2.45, 2.75) is 25.3 Å². The lowest BCUT2D eigenvalue weighted by Gasteiger charge is -2.16. The first-order valence-electron chi connectivity index (χ1n) is 4.19. The normalized spacial score (nSPS) is 15.6. The lowest BCUT2D eigenvalue weighted by atomic mass is 10.1. The first-order valence-corrected chi connectivity index (χ1v) is 4.71. The highest BCUT2D eigenvalue weighted by Gasteiger charge is 2.04. The molecule has 0 aliphatic rings. The molecule has 0 aromatic heterocycles.